The van der Waals surface area contributed by atoms with E-state index in [2.05, 4.69) is 0 Å². The van der Waals surface area contributed by atoms with Gasteiger partial charge in [0.15, 0.2) is 0 Å². The zero-order valence-electron chi connectivity index (χ0n) is 23.0. The number of ether oxygens (including phenoxy) is 4. The molecule has 4 saturated heterocycles. The molecular formula is C26H39BNO9PS. The van der Waals surface area contributed by atoms with E-state index in [4.69, 9.17) is 44.3 Å². The molecule has 4 aliphatic heterocycles. The quantitative estimate of drug-likeness (QED) is 0.306. The zero-order valence-corrected chi connectivity index (χ0v) is 24.7. The molecule has 4 aliphatic rings. The van der Waals surface area contributed by atoms with Crippen LogP contribution in [0.2, 0.25) is 0 Å². The van der Waals surface area contributed by atoms with Crippen LogP contribution in [-0.2, 0) is 49.1 Å². The largest absolute Gasteiger partial charge is 0.393 e. The summed E-state index contributed by atoms with van der Waals surface area (Å²) in [7, 11) is 3.54. The maximum Gasteiger partial charge on any atom is 0.328 e. The van der Waals surface area contributed by atoms with Gasteiger partial charge in [-0.05, 0) is 37.1 Å². The molecule has 1 amide bonds. The molecule has 4 heterocycles. The van der Waals surface area contributed by atoms with E-state index in [0.717, 1.165) is 24.8 Å². The number of aliphatic hydroxyl groups is 1. The van der Waals surface area contributed by atoms with E-state index in [1.165, 1.54) is 0 Å². The van der Waals surface area contributed by atoms with E-state index in [-0.39, 0.29) is 56.1 Å². The third kappa shape index (κ3) is 6.02. The molecule has 2 bridgehead atoms. The monoisotopic (exact) mass is 583 g/mol. The highest BCUT2D eigenvalue weighted by Crippen LogP contribution is 2.59. The number of amides is 1. The standard InChI is InChI=1S/C26H39BNO9PS/c1-16-12-20(31-3)21(34-16)13-33-38(39,37-24-23-25(27)35-26(24,14-29)15-32-23)36-22(18-8-5-4-6-9-18)19-10-7-11-28(19)17(2)30/h4-6,8-9,16,19-25,29H,7,10-15,27H2,1-3H3/t16-,19-,20?,21+,22+,23-,24?,25+,26+,38+/m0/s1. The van der Waals surface area contributed by atoms with Gasteiger partial charge in [0, 0.05) is 27.0 Å². The number of hydrogen-bond donors (Lipinski definition) is 1. The Hall–Kier alpha value is -0.915. The fraction of sp³-hybridized carbons (Fsp3) is 0.731. The van der Waals surface area contributed by atoms with Gasteiger partial charge in [0.25, 0.3) is 0 Å². The summed E-state index contributed by atoms with van der Waals surface area (Å²) in [4.78, 5) is 14.4. The SMILES string of the molecule is B[C@@H]1O[C@]2(CO)CO[C@H]1C2O[P@@](=S)(OC[C@H]1O[C@@H](C)CC1OC)O[C@H](c1ccccc1)[C@@H]1CCCN1C(C)=O. The number of carbonyl (C=O) groups is 1. The Kier molecular flexibility index (Phi) is 9.20. The number of hydrogen-bond acceptors (Lipinski definition) is 10. The Labute approximate surface area is 236 Å². The van der Waals surface area contributed by atoms with E-state index >= 15 is 0 Å². The molecule has 1 N–H and O–H groups in total. The summed E-state index contributed by atoms with van der Waals surface area (Å²) in [6, 6.07) is 9.21. The second kappa shape index (κ2) is 12.1. The van der Waals surface area contributed by atoms with Gasteiger partial charge in [0.2, 0.25) is 5.91 Å². The van der Waals surface area contributed by atoms with Crippen LogP contribution in [0.15, 0.2) is 30.3 Å². The minimum Gasteiger partial charge on any atom is -0.393 e. The van der Waals surface area contributed by atoms with Crippen LogP contribution in [0.3, 0.4) is 0 Å². The predicted molar refractivity (Wildman–Crippen MR) is 149 cm³/mol. The van der Waals surface area contributed by atoms with Gasteiger partial charge in [-0.15, -0.1) is 0 Å². The van der Waals surface area contributed by atoms with Crippen LogP contribution in [0.4, 0.5) is 0 Å². The van der Waals surface area contributed by atoms with Crippen LogP contribution >= 0.6 is 6.72 Å². The number of carbonyl (C=O) groups excluding carboxylic acids is 1. The molecule has 0 saturated carbocycles. The minimum atomic E-state index is -3.54. The third-order valence-corrected chi connectivity index (χ3v) is 10.5. The minimum absolute atomic E-state index is 0.0165. The molecule has 13 heteroatoms. The Balaban J connectivity index is 1.46. The van der Waals surface area contributed by atoms with Crippen LogP contribution < -0.4 is 0 Å². The van der Waals surface area contributed by atoms with Crippen LogP contribution in [0, 0.1) is 0 Å². The van der Waals surface area contributed by atoms with E-state index < -0.39 is 30.6 Å². The highest BCUT2D eigenvalue weighted by molar-refractivity contribution is 8.07. The molecule has 2 unspecified atom stereocenters. The lowest BCUT2D eigenvalue weighted by molar-refractivity contribution is -0.136. The Morgan fingerprint density at radius 2 is 2.13 bits per heavy atom. The van der Waals surface area contributed by atoms with Crippen LogP contribution in [0.1, 0.15) is 44.8 Å². The average Bonchev–Trinajstić information content (AvgIpc) is 3.69. The molecule has 39 heavy (non-hydrogen) atoms. The number of nitrogens with zero attached hydrogens (tertiary/aromatic N) is 1. The van der Waals surface area contributed by atoms with Gasteiger partial charge in [-0.3, -0.25) is 13.8 Å². The normalized spacial score (nSPS) is 38.3. The van der Waals surface area contributed by atoms with Gasteiger partial charge in [-0.25, -0.2) is 0 Å². The van der Waals surface area contributed by atoms with Crippen molar-refractivity contribution in [3.05, 3.63) is 35.9 Å². The fourth-order valence-corrected chi connectivity index (χ4v) is 8.66. The molecule has 1 aromatic carbocycles. The number of fused-ring (bicyclic) bond motifs is 2. The summed E-state index contributed by atoms with van der Waals surface area (Å²) in [6.07, 6.45) is 0.243. The molecule has 4 fully saturated rings. The molecule has 216 valence electrons. The van der Waals surface area contributed by atoms with Crippen LogP contribution in [0.5, 0.6) is 0 Å². The molecule has 10 nitrogen and oxygen atoms in total. The number of aliphatic hydroxyl groups excluding tert-OH is 1. The van der Waals surface area contributed by atoms with E-state index in [1.54, 1.807) is 14.0 Å². The highest BCUT2D eigenvalue weighted by Gasteiger charge is 2.62. The molecule has 10 atom stereocenters. The average molecular weight is 583 g/mol. The topological polar surface area (TPSA) is 105 Å². The zero-order chi connectivity index (χ0) is 27.8. The summed E-state index contributed by atoms with van der Waals surface area (Å²) in [5.41, 5.74) is -0.167. The van der Waals surface area contributed by atoms with Crippen molar-refractivity contribution < 1.29 is 42.4 Å². The van der Waals surface area contributed by atoms with Crippen molar-refractivity contribution in [3.8, 4) is 0 Å². The fourth-order valence-electron chi connectivity index (χ4n) is 6.29. The van der Waals surface area contributed by atoms with Gasteiger partial charge in [0.05, 0.1) is 44.1 Å². The number of rotatable bonds is 11. The van der Waals surface area contributed by atoms with Crippen molar-refractivity contribution in [2.75, 3.05) is 33.5 Å². The van der Waals surface area contributed by atoms with Crippen molar-refractivity contribution in [1.29, 1.82) is 0 Å². The third-order valence-electron chi connectivity index (χ3n) is 8.24. The molecule has 0 spiro atoms. The highest BCUT2D eigenvalue weighted by atomic mass is 32.5. The van der Waals surface area contributed by atoms with E-state index in [0.29, 0.717) is 6.54 Å². The number of likely N-dealkylation sites (tertiary alicyclic amines) is 1. The lowest BCUT2D eigenvalue weighted by atomic mass is 9.92. The molecule has 0 radical (unpaired) electrons. The molecule has 0 aliphatic carbocycles. The summed E-state index contributed by atoms with van der Waals surface area (Å²) in [5, 5.41) is 10.3. The van der Waals surface area contributed by atoms with Gasteiger partial charge < -0.3 is 33.5 Å². The molecular weight excluding hydrogens is 544 g/mol. The summed E-state index contributed by atoms with van der Waals surface area (Å²) < 4.78 is 43.4. The van der Waals surface area contributed by atoms with Crippen molar-refractivity contribution >= 4 is 32.3 Å². The lowest BCUT2D eigenvalue weighted by Crippen LogP contribution is -2.45. The second-order valence-electron chi connectivity index (χ2n) is 10.9. The number of benzene rings is 1. The summed E-state index contributed by atoms with van der Waals surface area (Å²) in [5.74, 6) is -0.0165. The first kappa shape index (κ1) is 29.6. The summed E-state index contributed by atoms with van der Waals surface area (Å²) >= 11 is 6.12. The van der Waals surface area contributed by atoms with Gasteiger partial charge in [-0.1, -0.05) is 30.3 Å². The van der Waals surface area contributed by atoms with Crippen molar-refractivity contribution in [2.45, 2.75) is 87.4 Å². The first-order valence-electron chi connectivity index (χ1n) is 13.7. The Bertz CT molecular complexity index is 1060. The molecule has 1 aromatic rings. The van der Waals surface area contributed by atoms with E-state index in [9.17, 15) is 9.90 Å². The van der Waals surface area contributed by atoms with Crippen molar-refractivity contribution in [3.63, 3.8) is 0 Å². The Morgan fingerprint density at radius 1 is 1.36 bits per heavy atom. The van der Waals surface area contributed by atoms with E-state index in [1.807, 2.05) is 50.0 Å². The second-order valence-corrected chi connectivity index (χ2v) is 13.9. The smallest absolute Gasteiger partial charge is 0.328 e. The maximum absolute atomic E-state index is 12.5. The first-order valence-corrected chi connectivity index (χ1v) is 16.3. The van der Waals surface area contributed by atoms with Crippen LogP contribution in [-0.4, -0.2) is 105 Å². The van der Waals surface area contributed by atoms with Crippen molar-refractivity contribution in [2.24, 2.45) is 0 Å². The lowest BCUT2D eigenvalue weighted by Gasteiger charge is -2.37. The number of methoxy groups -OCH3 is 1. The predicted octanol–water partition coefficient (Wildman–Crippen LogP) is 1.69. The Morgan fingerprint density at radius 3 is 2.79 bits per heavy atom. The summed E-state index contributed by atoms with van der Waals surface area (Å²) in [6.45, 7) is 0.701. The van der Waals surface area contributed by atoms with Gasteiger partial charge in [-0.2, -0.15) is 0 Å². The van der Waals surface area contributed by atoms with Gasteiger partial charge >= 0.3 is 6.72 Å². The molecule has 5 rings (SSSR count). The van der Waals surface area contributed by atoms with Crippen LogP contribution in [0.25, 0.3) is 0 Å². The molecule has 0 aromatic heterocycles. The van der Waals surface area contributed by atoms with Gasteiger partial charge in [0.1, 0.15) is 37.9 Å². The first-order chi connectivity index (χ1) is 18.7. The van der Waals surface area contributed by atoms with Crippen molar-refractivity contribution in [1.82, 2.24) is 4.90 Å². The maximum atomic E-state index is 12.5.